The lowest BCUT2D eigenvalue weighted by atomic mass is 10.2. The SMILES string of the molecule is CN=C(NCc1cccnc1OCCOC)NCc1cc(Cl)c(Cl)n1C. The summed E-state index contributed by atoms with van der Waals surface area (Å²) in [5.74, 6) is 1.22. The van der Waals surface area contributed by atoms with Gasteiger partial charge in [-0.15, -0.1) is 0 Å². The lowest BCUT2D eigenvalue weighted by Gasteiger charge is -2.14. The lowest BCUT2D eigenvalue weighted by Crippen LogP contribution is -2.36. The van der Waals surface area contributed by atoms with Gasteiger partial charge in [0.25, 0.3) is 0 Å². The van der Waals surface area contributed by atoms with Crippen LogP contribution in [-0.4, -0.2) is 42.9 Å². The number of ether oxygens (including phenoxy) is 2. The van der Waals surface area contributed by atoms with E-state index in [9.17, 15) is 0 Å². The summed E-state index contributed by atoms with van der Waals surface area (Å²) in [7, 11) is 5.20. The van der Waals surface area contributed by atoms with Gasteiger partial charge in [-0.2, -0.15) is 0 Å². The van der Waals surface area contributed by atoms with E-state index < -0.39 is 0 Å². The number of nitrogens with zero attached hydrogens (tertiary/aromatic N) is 3. The molecular formula is C17H23Cl2N5O2. The van der Waals surface area contributed by atoms with Crippen LogP contribution < -0.4 is 15.4 Å². The molecule has 0 aliphatic heterocycles. The summed E-state index contributed by atoms with van der Waals surface area (Å²) in [5, 5.41) is 7.51. The Kier molecular flexibility index (Phi) is 8.03. The quantitative estimate of drug-likeness (QED) is 0.405. The van der Waals surface area contributed by atoms with E-state index in [1.54, 1.807) is 20.4 Å². The van der Waals surface area contributed by atoms with Crippen LogP contribution in [0.1, 0.15) is 11.3 Å². The molecule has 0 saturated carbocycles. The summed E-state index contributed by atoms with van der Waals surface area (Å²) in [4.78, 5) is 8.48. The fraction of sp³-hybridized carbons (Fsp3) is 0.412. The summed E-state index contributed by atoms with van der Waals surface area (Å²) in [5.41, 5.74) is 1.88. The Morgan fingerprint density at radius 2 is 2.04 bits per heavy atom. The van der Waals surface area contributed by atoms with Gasteiger partial charge in [-0.3, -0.25) is 4.99 Å². The molecular weight excluding hydrogens is 377 g/mol. The molecule has 0 saturated heterocycles. The van der Waals surface area contributed by atoms with Crippen LogP contribution in [-0.2, 0) is 24.9 Å². The zero-order valence-electron chi connectivity index (χ0n) is 15.1. The number of hydrogen-bond donors (Lipinski definition) is 2. The molecule has 0 radical (unpaired) electrons. The highest BCUT2D eigenvalue weighted by Gasteiger charge is 2.10. The van der Waals surface area contributed by atoms with Crippen LogP contribution in [0, 0.1) is 0 Å². The van der Waals surface area contributed by atoms with Crippen molar-refractivity contribution in [2.24, 2.45) is 12.0 Å². The largest absolute Gasteiger partial charge is 0.475 e. The highest BCUT2D eigenvalue weighted by atomic mass is 35.5. The predicted molar refractivity (Wildman–Crippen MR) is 104 cm³/mol. The maximum atomic E-state index is 6.09. The Hall–Kier alpha value is -1.96. The van der Waals surface area contributed by atoms with Crippen molar-refractivity contribution in [3.05, 3.63) is 45.8 Å². The van der Waals surface area contributed by atoms with Gasteiger partial charge in [0.05, 0.1) is 18.2 Å². The smallest absolute Gasteiger partial charge is 0.218 e. The Morgan fingerprint density at radius 3 is 2.69 bits per heavy atom. The molecule has 0 unspecified atom stereocenters. The first kappa shape index (κ1) is 20.4. The van der Waals surface area contributed by atoms with Crippen molar-refractivity contribution < 1.29 is 9.47 Å². The van der Waals surface area contributed by atoms with Gasteiger partial charge in [0, 0.05) is 45.2 Å². The minimum atomic E-state index is 0.447. The Morgan fingerprint density at radius 1 is 1.27 bits per heavy atom. The van der Waals surface area contributed by atoms with Crippen molar-refractivity contribution in [2.75, 3.05) is 27.4 Å². The van der Waals surface area contributed by atoms with Gasteiger partial charge in [0.1, 0.15) is 11.8 Å². The van der Waals surface area contributed by atoms with Crippen molar-refractivity contribution in [1.82, 2.24) is 20.2 Å². The van der Waals surface area contributed by atoms with E-state index in [0.717, 1.165) is 11.3 Å². The first-order chi connectivity index (χ1) is 12.6. The van der Waals surface area contributed by atoms with E-state index in [-0.39, 0.29) is 0 Å². The number of halogens is 2. The third kappa shape index (κ3) is 5.52. The van der Waals surface area contributed by atoms with Crippen LogP contribution in [0.4, 0.5) is 0 Å². The third-order valence-electron chi connectivity index (χ3n) is 3.70. The number of aliphatic imine (C=N–C) groups is 1. The predicted octanol–water partition coefficient (Wildman–Crippen LogP) is 2.62. The van der Waals surface area contributed by atoms with Gasteiger partial charge in [-0.1, -0.05) is 29.3 Å². The summed E-state index contributed by atoms with van der Waals surface area (Å²) in [6.07, 6.45) is 1.70. The highest BCUT2D eigenvalue weighted by molar-refractivity contribution is 6.41. The second-order valence-electron chi connectivity index (χ2n) is 5.42. The average molecular weight is 400 g/mol. The van der Waals surface area contributed by atoms with Crippen molar-refractivity contribution >= 4 is 29.2 Å². The minimum Gasteiger partial charge on any atom is -0.475 e. The minimum absolute atomic E-state index is 0.447. The monoisotopic (exact) mass is 399 g/mol. The number of hydrogen-bond acceptors (Lipinski definition) is 4. The molecule has 2 rings (SSSR count). The van der Waals surface area contributed by atoms with Crippen LogP contribution in [0.15, 0.2) is 29.4 Å². The third-order valence-corrected chi connectivity index (χ3v) is 4.54. The van der Waals surface area contributed by atoms with Crippen molar-refractivity contribution in [3.63, 3.8) is 0 Å². The van der Waals surface area contributed by atoms with Gasteiger partial charge in [-0.05, 0) is 12.1 Å². The fourth-order valence-corrected chi connectivity index (χ4v) is 2.66. The molecule has 7 nitrogen and oxygen atoms in total. The maximum Gasteiger partial charge on any atom is 0.218 e. The standard InChI is InChI=1S/C17H23Cl2N5O2/c1-20-17(23-11-13-9-14(18)15(19)24(13)2)22-10-12-5-4-6-21-16(12)26-8-7-25-3/h4-6,9H,7-8,10-11H2,1-3H3,(H2,20,22,23). The Labute approximate surface area is 163 Å². The molecule has 0 fully saturated rings. The number of guanidine groups is 1. The summed E-state index contributed by atoms with van der Waals surface area (Å²) >= 11 is 12.1. The van der Waals surface area contributed by atoms with E-state index >= 15 is 0 Å². The number of methoxy groups -OCH3 is 1. The van der Waals surface area contributed by atoms with Crippen molar-refractivity contribution in [3.8, 4) is 5.88 Å². The molecule has 2 heterocycles. The van der Waals surface area contributed by atoms with Gasteiger partial charge in [0.15, 0.2) is 5.96 Å². The molecule has 0 aromatic carbocycles. The first-order valence-corrected chi connectivity index (χ1v) is 8.82. The molecule has 2 N–H and O–H groups in total. The number of pyridine rings is 1. The average Bonchev–Trinajstić information content (AvgIpc) is 2.90. The van der Waals surface area contributed by atoms with E-state index in [1.807, 2.05) is 29.8 Å². The Balaban J connectivity index is 1.92. The molecule has 0 atom stereocenters. The highest BCUT2D eigenvalue weighted by Crippen LogP contribution is 2.24. The number of rotatable bonds is 8. The van der Waals surface area contributed by atoms with E-state index in [0.29, 0.717) is 48.3 Å². The van der Waals surface area contributed by atoms with Crippen LogP contribution >= 0.6 is 23.2 Å². The van der Waals surface area contributed by atoms with Crippen LogP contribution in [0.2, 0.25) is 10.2 Å². The topological polar surface area (TPSA) is 72.7 Å². The maximum absolute atomic E-state index is 6.09. The normalized spacial score (nSPS) is 11.5. The van der Waals surface area contributed by atoms with Crippen molar-refractivity contribution in [2.45, 2.75) is 13.1 Å². The summed E-state index contributed by atoms with van der Waals surface area (Å²) in [6.45, 7) is 2.01. The zero-order valence-corrected chi connectivity index (χ0v) is 16.6. The van der Waals surface area contributed by atoms with Crippen LogP contribution in [0.5, 0.6) is 5.88 Å². The molecule has 2 aromatic heterocycles. The molecule has 2 aromatic rings. The molecule has 0 aliphatic carbocycles. The molecule has 0 bridgehead atoms. The fourth-order valence-electron chi connectivity index (χ4n) is 2.24. The molecule has 26 heavy (non-hydrogen) atoms. The van der Waals surface area contributed by atoms with Gasteiger partial charge >= 0.3 is 0 Å². The van der Waals surface area contributed by atoms with E-state index in [2.05, 4.69) is 20.6 Å². The zero-order chi connectivity index (χ0) is 18.9. The molecule has 0 aliphatic rings. The number of nitrogens with one attached hydrogen (secondary N) is 2. The van der Waals surface area contributed by atoms with Crippen LogP contribution in [0.3, 0.4) is 0 Å². The lowest BCUT2D eigenvalue weighted by molar-refractivity contribution is 0.143. The Bertz CT molecular complexity index is 749. The number of aromatic nitrogens is 2. The van der Waals surface area contributed by atoms with Gasteiger partial charge in [-0.25, -0.2) is 4.98 Å². The summed E-state index contributed by atoms with van der Waals surface area (Å²) < 4.78 is 12.5. The first-order valence-electron chi connectivity index (χ1n) is 8.06. The molecule has 9 heteroatoms. The van der Waals surface area contributed by atoms with E-state index in [1.165, 1.54) is 0 Å². The van der Waals surface area contributed by atoms with Gasteiger partial charge < -0.3 is 24.7 Å². The molecule has 0 spiro atoms. The molecule has 0 amide bonds. The van der Waals surface area contributed by atoms with Crippen molar-refractivity contribution in [1.29, 1.82) is 0 Å². The molecule has 142 valence electrons. The van der Waals surface area contributed by atoms with Gasteiger partial charge in [0.2, 0.25) is 5.88 Å². The second kappa shape index (κ2) is 10.3. The van der Waals surface area contributed by atoms with Crippen LogP contribution in [0.25, 0.3) is 0 Å². The van der Waals surface area contributed by atoms with E-state index in [4.69, 9.17) is 32.7 Å². The second-order valence-corrected chi connectivity index (χ2v) is 6.19. The summed E-state index contributed by atoms with van der Waals surface area (Å²) in [6, 6.07) is 5.64.